The van der Waals surface area contributed by atoms with Crippen LogP contribution in [-0.4, -0.2) is 35.3 Å². The van der Waals surface area contributed by atoms with E-state index in [1.165, 1.54) is 56.0 Å². The molecule has 0 aromatic heterocycles. The fourth-order valence-corrected chi connectivity index (χ4v) is 9.01. The number of hydrogen-bond acceptors (Lipinski definition) is 0. The van der Waals surface area contributed by atoms with Gasteiger partial charge in [0.1, 0.15) is 52.7 Å². The van der Waals surface area contributed by atoms with E-state index in [1.54, 1.807) is 0 Å². The summed E-state index contributed by atoms with van der Waals surface area (Å²) in [4.78, 5) is 0. The highest BCUT2D eigenvalue weighted by atomic mass is 19.2. The molecule has 62 heavy (non-hydrogen) atoms. The van der Waals surface area contributed by atoms with E-state index < -0.39 is 144 Å². The molecule has 0 aliphatic heterocycles. The first-order chi connectivity index (χ1) is 28.8. The summed E-state index contributed by atoms with van der Waals surface area (Å²) in [6.45, 7) is 13.5. The third kappa shape index (κ3) is 7.68. The van der Waals surface area contributed by atoms with Crippen molar-refractivity contribution in [3.63, 3.8) is 0 Å². The Morgan fingerprint density at radius 3 is 0.774 bits per heavy atom. The maximum atomic E-state index is 15.4. The highest BCUT2D eigenvalue weighted by molar-refractivity contribution is 7.20. The first kappa shape index (κ1) is 50.2. The largest absolute Gasteiger partial charge is 0.317 e. The van der Waals surface area contributed by atoms with E-state index in [2.05, 4.69) is 34.6 Å². The molecular weight excluding hydrogens is 885 g/mol. The van der Waals surface area contributed by atoms with E-state index in [0.717, 1.165) is 18.1 Å². The number of unbranched alkanes of at least 4 members (excludes halogenated alkanes) is 1. The summed E-state index contributed by atoms with van der Waals surface area (Å²) in [5, 5.41) is 0. The summed E-state index contributed by atoms with van der Waals surface area (Å²) in [6, 6.07) is 2.50. The Labute approximate surface area is 340 Å². The Morgan fingerprint density at radius 2 is 0.581 bits per heavy atom. The molecule has 1 aliphatic carbocycles. The van der Waals surface area contributed by atoms with Gasteiger partial charge in [-0.05, 0) is 59.8 Å². The number of nitrogens with zero attached hydrogens (tertiary/aromatic N) is 1. The van der Waals surface area contributed by atoms with Gasteiger partial charge in [0.25, 0.3) is 0 Å². The predicted octanol–water partition coefficient (Wildman–Crippen LogP) is 10.6. The number of benzene rings is 4. The second-order valence-corrected chi connectivity index (χ2v) is 15.4. The Bertz CT molecular complexity index is 1970. The molecule has 0 atom stereocenters. The lowest BCUT2D eigenvalue weighted by Crippen LogP contribution is -2.81. The standard InChI is InChI=1S/C24BF20.C16H34N/c26-5-1(6(27)14(35)21(42)13(5)34)25(2-7(28)15(36)22(43)16(37)8(2)29,3-9(30)17(38)23(44)18(39)10(3)31)4-11(32)19(40)24(45)20(41)12(4)33;1-6-7-13-17(14(2)3,15(4)5)16-11-9-8-10-12-16/h;14-16H,6-13H2,1-5H3/q-1;+1. The van der Waals surface area contributed by atoms with Gasteiger partial charge >= 0.3 is 0 Å². The van der Waals surface area contributed by atoms with Crippen LogP contribution in [0.3, 0.4) is 0 Å². The lowest BCUT2D eigenvalue weighted by Gasteiger charge is -2.52. The summed E-state index contributed by atoms with van der Waals surface area (Å²) in [7, 11) is 0. The van der Waals surface area contributed by atoms with Gasteiger partial charge in [0.2, 0.25) is 0 Å². The lowest BCUT2D eigenvalue weighted by molar-refractivity contribution is -0.989. The third-order valence-corrected chi connectivity index (χ3v) is 11.8. The fourth-order valence-electron chi connectivity index (χ4n) is 9.01. The maximum absolute atomic E-state index is 15.4. The van der Waals surface area contributed by atoms with E-state index >= 15 is 35.1 Å². The van der Waals surface area contributed by atoms with Crippen molar-refractivity contribution < 1.29 is 92.3 Å². The molecule has 4 aromatic carbocycles. The van der Waals surface area contributed by atoms with Gasteiger partial charge in [-0.15, -0.1) is 21.9 Å². The lowest BCUT2D eigenvalue weighted by atomic mass is 9.12. The van der Waals surface area contributed by atoms with Crippen LogP contribution in [0.1, 0.15) is 79.6 Å². The molecule has 0 amide bonds. The van der Waals surface area contributed by atoms with Crippen molar-refractivity contribution in [2.75, 3.05) is 6.54 Å². The van der Waals surface area contributed by atoms with Gasteiger partial charge < -0.3 is 4.48 Å². The molecule has 1 saturated carbocycles. The van der Waals surface area contributed by atoms with Crippen molar-refractivity contribution in [1.29, 1.82) is 0 Å². The van der Waals surface area contributed by atoms with Crippen LogP contribution in [0.5, 0.6) is 0 Å². The zero-order valence-corrected chi connectivity index (χ0v) is 33.0. The molecule has 0 radical (unpaired) electrons. The summed E-state index contributed by atoms with van der Waals surface area (Å²) >= 11 is 0. The fraction of sp³-hybridized carbons (Fsp3) is 0.400. The van der Waals surface area contributed by atoms with Crippen molar-refractivity contribution in [1.82, 2.24) is 0 Å². The van der Waals surface area contributed by atoms with E-state index in [1.807, 2.05) is 0 Å². The Balaban J connectivity index is 0.000000416. The summed E-state index contributed by atoms with van der Waals surface area (Å²) in [5.74, 6) is -71.4. The predicted molar refractivity (Wildman–Crippen MR) is 186 cm³/mol. The molecule has 342 valence electrons. The number of hydrogen-bond donors (Lipinski definition) is 0. The molecule has 22 heteroatoms. The van der Waals surface area contributed by atoms with Gasteiger partial charge in [-0.1, -0.05) is 19.8 Å². The first-order valence-electron chi connectivity index (χ1n) is 18.9. The summed E-state index contributed by atoms with van der Waals surface area (Å²) in [5.41, 5.74) is -14.3. The van der Waals surface area contributed by atoms with Crippen LogP contribution in [0.4, 0.5) is 87.8 Å². The van der Waals surface area contributed by atoms with E-state index in [9.17, 15) is 52.7 Å². The normalized spacial score (nSPS) is 14.0. The third-order valence-electron chi connectivity index (χ3n) is 11.8. The topological polar surface area (TPSA) is 0 Å². The molecule has 5 rings (SSSR count). The van der Waals surface area contributed by atoms with Gasteiger partial charge in [0.15, 0.2) is 69.8 Å². The highest BCUT2D eigenvalue weighted by Crippen LogP contribution is 2.35. The van der Waals surface area contributed by atoms with E-state index in [-0.39, 0.29) is 0 Å². The maximum Gasteiger partial charge on any atom is 0.200 e. The molecule has 0 heterocycles. The Kier molecular flexibility index (Phi) is 15.1. The smallest absolute Gasteiger partial charge is 0.200 e. The van der Waals surface area contributed by atoms with Gasteiger partial charge in [-0.25, -0.2) is 87.8 Å². The van der Waals surface area contributed by atoms with Crippen LogP contribution in [-0.2, 0) is 0 Å². The number of quaternary nitrogens is 1. The van der Waals surface area contributed by atoms with Crippen molar-refractivity contribution >= 4 is 28.0 Å². The van der Waals surface area contributed by atoms with Crippen molar-refractivity contribution in [3.05, 3.63) is 116 Å². The minimum Gasteiger partial charge on any atom is -0.317 e. The van der Waals surface area contributed by atoms with Crippen LogP contribution in [0.25, 0.3) is 0 Å². The van der Waals surface area contributed by atoms with Crippen LogP contribution < -0.4 is 21.9 Å². The molecule has 0 bridgehead atoms. The quantitative estimate of drug-likeness (QED) is 0.0489. The monoisotopic (exact) mass is 919 g/mol. The minimum atomic E-state index is -7.22. The van der Waals surface area contributed by atoms with Crippen LogP contribution in [0, 0.1) is 116 Å². The van der Waals surface area contributed by atoms with Crippen molar-refractivity contribution in [2.24, 2.45) is 0 Å². The average Bonchev–Trinajstić information content (AvgIpc) is 3.24. The second kappa shape index (κ2) is 18.7. The molecule has 0 unspecified atom stereocenters. The first-order valence-corrected chi connectivity index (χ1v) is 18.9. The van der Waals surface area contributed by atoms with Crippen LogP contribution in [0.2, 0.25) is 0 Å². The summed E-state index contributed by atoms with van der Waals surface area (Å²) < 4.78 is 295. The van der Waals surface area contributed by atoms with Gasteiger partial charge in [-0.3, -0.25) is 0 Å². The molecular formula is C40H34BF20N. The van der Waals surface area contributed by atoms with Crippen LogP contribution >= 0.6 is 0 Å². The van der Waals surface area contributed by atoms with Crippen molar-refractivity contribution in [3.8, 4) is 0 Å². The van der Waals surface area contributed by atoms with Gasteiger partial charge in [-0.2, -0.15) is 0 Å². The Morgan fingerprint density at radius 1 is 0.371 bits per heavy atom. The molecule has 0 N–H and O–H groups in total. The molecule has 0 saturated heterocycles. The zero-order valence-electron chi connectivity index (χ0n) is 33.0. The van der Waals surface area contributed by atoms with Crippen molar-refractivity contribution in [2.45, 2.75) is 97.7 Å². The van der Waals surface area contributed by atoms with E-state index in [0.29, 0.717) is 0 Å². The number of rotatable bonds is 10. The zero-order chi connectivity index (χ0) is 47.2. The SMILES string of the molecule is CCCC[N+](C(C)C)(C(C)C)C1CCCCC1.Fc1c(F)c(F)c([B-](c2c(F)c(F)c(F)c(F)c2F)(c2c(F)c(F)c(F)c(F)c2F)c2c(F)c(F)c(F)c(F)c2F)c(F)c1F. The molecule has 0 spiro atoms. The van der Waals surface area contributed by atoms with Gasteiger partial charge in [0, 0.05) is 0 Å². The summed E-state index contributed by atoms with van der Waals surface area (Å²) in [6.07, 6.45) is 2.87. The number of halogens is 20. The Hall–Kier alpha value is -4.50. The van der Waals surface area contributed by atoms with Gasteiger partial charge in [0.05, 0.1) is 24.7 Å². The van der Waals surface area contributed by atoms with Crippen LogP contribution in [0.15, 0.2) is 0 Å². The molecule has 4 aromatic rings. The molecule has 1 aliphatic rings. The highest BCUT2D eigenvalue weighted by Gasteiger charge is 2.52. The van der Waals surface area contributed by atoms with E-state index in [4.69, 9.17) is 0 Å². The average molecular weight is 919 g/mol. The molecule has 1 fully saturated rings. The molecule has 1 nitrogen and oxygen atoms in total. The minimum absolute atomic E-state index is 0.782. The second-order valence-electron chi connectivity index (χ2n) is 15.4.